The van der Waals surface area contributed by atoms with Crippen molar-refractivity contribution >= 4 is 66.3 Å². The van der Waals surface area contributed by atoms with Crippen LogP contribution in [0.15, 0.2) is 255 Å². The van der Waals surface area contributed by atoms with Crippen LogP contribution in [0.5, 0.6) is 0 Å². The van der Waals surface area contributed by atoms with Crippen molar-refractivity contribution in [2.75, 3.05) is 0 Å². The largest absolute Gasteiger partial charge is 0.309 e. The van der Waals surface area contributed by atoms with E-state index in [2.05, 4.69) is 264 Å². The number of thiophene rings is 2. The molecule has 4 aromatic heterocycles. The summed E-state index contributed by atoms with van der Waals surface area (Å²) in [6, 6.07) is 95.1. The lowest BCUT2D eigenvalue weighted by molar-refractivity contribution is 0.794. The molecule has 0 amide bonds. The van der Waals surface area contributed by atoms with Crippen molar-refractivity contribution in [2.45, 2.75) is 5.41 Å². The highest BCUT2D eigenvalue weighted by atomic mass is 32.1. The van der Waals surface area contributed by atoms with Gasteiger partial charge in [0.25, 0.3) is 0 Å². The fourth-order valence-electron chi connectivity index (χ4n) is 12.7. The van der Waals surface area contributed by atoms with Crippen molar-refractivity contribution in [2.24, 2.45) is 0 Å². The minimum atomic E-state index is -0.472. The second-order valence-corrected chi connectivity index (χ2v) is 21.7. The fraction of sp³-hybridized carbons (Fsp3) is 0.0145. The van der Waals surface area contributed by atoms with E-state index in [-0.39, 0.29) is 0 Å². The molecule has 2 nitrogen and oxygen atoms in total. The Bertz CT molecular complexity index is 4270. The van der Waals surface area contributed by atoms with E-state index in [1.54, 1.807) is 0 Å². The van der Waals surface area contributed by atoms with Crippen LogP contribution in [0.1, 0.15) is 22.3 Å². The van der Waals surface area contributed by atoms with Gasteiger partial charge in [0.15, 0.2) is 0 Å². The third kappa shape index (κ3) is 5.85. The van der Waals surface area contributed by atoms with Gasteiger partial charge in [0.1, 0.15) is 0 Å². The molecule has 2 aliphatic rings. The first kappa shape index (κ1) is 40.9. The van der Waals surface area contributed by atoms with Gasteiger partial charge in [0.2, 0.25) is 0 Å². The first-order chi connectivity index (χ1) is 36.2. The Morgan fingerprint density at radius 3 is 1.04 bits per heavy atom. The van der Waals surface area contributed by atoms with E-state index >= 15 is 0 Å². The van der Waals surface area contributed by atoms with Crippen molar-refractivity contribution < 1.29 is 0 Å². The minimum Gasteiger partial charge on any atom is -0.309 e. The van der Waals surface area contributed by atoms with Crippen LogP contribution >= 0.6 is 22.7 Å². The SMILES string of the molecule is c1ccc(-n2c3ccccc3c3cc(-c4ccc(-c5ccc6c(c5)C5(c7ccccc7-c7ccccc75)c5cc(-c7ccc(-c8ccc9c(c8)c8ccccc8n9-c8ccccc8)s7)ccc5-6)s4)ccc32)cc1. The van der Waals surface area contributed by atoms with E-state index in [0.717, 1.165) is 0 Å². The quantitative estimate of drug-likeness (QED) is 0.157. The molecule has 10 aromatic carbocycles. The summed E-state index contributed by atoms with van der Waals surface area (Å²) in [5.74, 6) is 0. The Kier molecular flexibility index (Phi) is 8.74. The summed E-state index contributed by atoms with van der Waals surface area (Å²) in [5, 5.41) is 5.08. The third-order valence-corrected chi connectivity index (χ3v) is 18.2. The van der Waals surface area contributed by atoms with E-state index in [0.29, 0.717) is 0 Å². The second kappa shape index (κ2) is 15.6. The number of hydrogen-bond donors (Lipinski definition) is 0. The smallest absolute Gasteiger partial charge is 0.0725 e. The van der Waals surface area contributed by atoms with Gasteiger partial charge in [0.05, 0.1) is 27.5 Å². The number of para-hydroxylation sites is 4. The third-order valence-electron chi connectivity index (χ3n) is 15.8. The van der Waals surface area contributed by atoms with Crippen LogP contribution in [-0.4, -0.2) is 9.13 Å². The number of rotatable bonds is 6. The summed E-state index contributed by atoms with van der Waals surface area (Å²) in [6.45, 7) is 0. The van der Waals surface area contributed by atoms with Crippen LogP contribution in [0.4, 0.5) is 0 Å². The van der Waals surface area contributed by atoms with E-state index in [4.69, 9.17) is 0 Å². The topological polar surface area (TPSA) is 9.86 Å². The molecule has 14 aromatic rings. The zero-order chi connectivity index (χ0) is 47.8. The van der Waals surface area contributed by atoms with E-state index in [1.807, 2.05) is 22.7 Å². The lowest BCUT2D eigenvalue weighted by Crippen LogP contribution is -2.26. The number of aromatic nitrogens is 2. The van der Waals surface area contributed by atoms with Gasteiger partial charge in [-0.3, -0.25) is 0 Å². The number of fused-ring (bicyclic) bond motifs is 16. The van der Waals surface area contributed by atoms with Gasteiger partial charge < -0.3 is 9.13 Å². The second-order valence-electron chi connectivity index (χ2n) is 19.5. The van der Waals surface area contributed by atoms with Crippen LogP contribution in [0, 0.1) is 0 Å². The van der Waals surface area contributed by atoms with Gasteiger partial charge in [0, 0.05) is 52.4 Å². The number of hydrogen-bond acceptors (Lipinski definition) is 2. The molecule has 16 rings (SSSR count). The van der Waals surface area contributed by atoms with E-state index < -0.39 is 5.41 Å². The lowest BCUT2D eigenvalue weighted by atomic mass is 9.70. The molecule has 0 bridgehead atoms. The predicted molar refractivity (Wildman–Crippen MR) is 309 cm³/mol. The summed E-state index contributed by atoms with van der Waals surface area (Å²) >= 11 is 3.76. The van der Waals surface area contributed by atoms with Gasteiger partial charge in [-0.15, -0.1) is 22.7 Å². The van der Waals surface area contributed by atoms with Crippen molar-refractivity contribution in [1.82, 2.24) is 9.13 Å². The molecule has 1 spiro atoms. The molecule has 4 heterocycles. The van der Waals surface area contributed by atoms with E-state index in [9.17, 15) is 0 Å². The lowest BCUT2D eigenvalue weighted by Gasteiger charge is -2.31. The Morgan fingerprint density at radius 2 is 0.589 bits per heavy atom. The zero-order valence-electron chi connectivity index (χ0n) is 39.5. The van der Waals surface area contributed by atoms with Gasteiger partial charge in [-0.05, 0) is 164 Å². The van der Waals surface area contributed by atoms with Crippen molar-refractivity contribution in [3.63, 3.8) is 0 Å². The maximum atomic E-state index is 2.52. The molecule has 0 N–H and O–H groups in total. The van der Waals surface area contributed by atoms with Gasteiger partial charge in [-0.2, -0.15) is 0 Å². The number of benzene rings is 10. The van der Waals surface area contributed by atoms with Crippen LogP contribution in [0.3, 0.4) is 0 Å². The molecule has 2 aliphatic carbocycles. The number of nitrogens with zero attached hydrogens (tertiary/aromatic N) is 2. The molecule has 0 atom stereocenters. The van der Waals surface area contributed by atoms with Gasteiger partial charge in [-0.25, -0.2) is 0 Å². The van der Waals surface area contributed by atoms with Crippen molar-refractivity contribution in [3.05, 3.63) is 277 Å². The van der Waals surface area contributed by atoms with Gasteiger partial charge in [-0.1, -0.05) is 158 Å². The summed E-state index contributed by atoms with van der Waals surface area (Å²) in [7, 11) is 0. The normalized spacial score (nSPS) is 13.0. The Morgan fingerprint density at radius 1 is 0.247 bits per heavy atom. The van der Waals surface area contributed by atoms with Crippen LogP contribution in [-0.2, 0) is 5.41 Å². The molecule has 0 unspecified atom stereocenters. The van der Waals surface area contributed by atoms with Crippen molar-refractivity contribution in [1.29, 1.82) is 0 Å². The molecule has 0 saturated heterocycles. The fourth-order valence-corrected chi connectivity index (χ4v) is 14.7. The summed E-state index contributed by atoms with van der Waals surface area (Å²) in [4.78, 5) is 5.07. The summed E-state index contributed by atoms with van der Waals surface area (Å²) < 4.78 is 4.78. The predicted octanol–water partition coefficient (Wildman–Crippen LogP) is 19.0. The van der Waals surface area contributed by atoms with Crippen LogP contribution in [0.2, 0.25) is 0 Å². The zero-order valence-corrected chi connectivity index (χ0v) is 41.1. The van der Waals surface area contributed by atoms with Crippen molar-refractivity contribution in [3.8, 4) is 75.4 Å². The summed E-state index contributed by atoms with van der Waals surface area (Å²) in [5.41, 5.74) is 22.4. The summed E-state index contributed by atoms with van der Waals surface area (Å²) in [6.07, 6.45) is 0. The monoisotopic (exact) mass is 962 g/mol. The minimum absolute atomic E-state index is 0.472. The molecular weight excluding hydrogens is 921 g/mol. The molecular formula is C69H42N2S2. The molecule has 0 radical (unpaired) electrons. The van der Waals surface area contributed by atoms with E-state index in [1.165, 1.54) is 141 Å². The highest BCUT2D eigenvalue weighted by Crippen LogP contribution is 2.64. The van der Waals surface area contributed by atoms with Gasteiger partial charge >= 0.3 is 0 Å². The molecule has 0 aliphatic heterocycles. The van der Waals surface area contributed by atoms with Crippen LogP contribution < -0.4 is 0 Å². The molecule has 73 heavy (non-hydrogen) atoms. The molecule has 0 saturated carbocycles. The first-order valence-corrected chi connectivity index (χ1v) is 26.7. The average molecular weight is 963 g/mol. The maximum absolute atomic E-state index is 2.52. The Balaban J connectivity index is 0.806. The first-order valence-electron chi connectivity index (χ1n) is 25.1. The standard InChI is InChI=1S/C69H42N2S2/c1-3-15-47(16-4-1)70-61-25-13-9-21-53(61)55-39-43(29-33-63(55)70)65-35-37-67(72-65)45-27-31-51-52-32-28-46(42-60(52)69(59(51)41-45)57-23-11-7-19-49(57)50-20-8-12-24-58(50)69)68-38-36-66(73-68)44-30-34-64-56(40-44)54-22-10-14-26-62(54)71(64)48-17-5-2-6-18-48/h1-42H. The maximum Gasteiger partial charge on any atom is 0.0725 e. The average Bonchev–Trinajstić information content (AvgIpc) is 4.34. The Labute approximate surface area is 430 Å². The Hall–Kier alpha value is -8.80. The molecule has 0 fully saturated rings. The highest BCUT2D eigenvalue weighted by Gasteiger charge is 2.51. The van der Waals surface area contributed by atoms with Crippen LogP contribution in [0.25, 0.3) is 119 Å². The highest BCUT2D eigenvalue weighted by molar-refractivity contribution is 7.19. The molecule has 340 valence electrons. The molecule has 4 heteroatoms.